The van der Waals surface area contributed by atoms with Crippen molar-refractivity contribution in [3.8, 4) is 5.75 Å². The second-order valence-corrected chi connectivity index (χ2v) is 8.03. The van der Waals surface area contributed by atoms with Gasteiger partial charge in [-0.15, -0.1) is 0 Å². The van der Waals surface area contributed by atoms with E-state index in [1.165, 1.54) is 0 Å². The van der Waals surface area contributed by atoms with Crippen molar-refractivity contribution in [2.45, 2.75) is 32.4 Å². The molecular weight excluding hydrogens is 430 g/mol. The van der Waals surface area contributed by atoms with E-state index in [4.69, 9.17) is 9.47 Å². The minimum atomic E-state index is -0.485. The van der Waals surface area contributed by atoms with Crippen molar-refractivity contribution in [1.29, 1.82) is 0 Å². The first-order chi connectivity index (χ1) is 10.8. The van der Waals surface area contributed by atoms with E-state index in [0.29, 0.717) is 32.0 Å². The van der Waals surface area contributed by atoms with Gasteiger partial charge < -0.3 is 19.7 Å². The maximum Gasteiger partial charge on any atom is 0.410 e. The molecule has 128 valence electrons. The van der Waals surface area contributed by atoms with Crippen molar-refractivity contribution >= 4 is 38.0 Å². The fraction of sp³-hybridized carbons (Fsp3) is 0.600. The largest absolute Gasteiger partial charge is 0.489 e. The number of carbonyl (C=O) groups is 1. The summed E-state index contributed by atoms with van der Waals surface area (Å²) in [4.78, 5) is 17.9. The number of nitrogens with one attached hydrogen (secondary N) is 1. The molecule has 23 heavy (non-hydrogen) atoms. The van der Waals surface area contributed by atoms with Crippen LogP contribution in [0.4, 0.5) is 4.79 Å². The van der Waals surface area contributed by atoms with Crippen LogP contribution >= 0.6 is 31.9 Å². The molecule has 6 nitrogen and oxygen atoms in total. The highest BCUT2D eigenvalue weighted by Gasteiger charge is 2.27. The first kappa shape index (κ1) is 18.5. The van der Waals surface area contributed by atoms with Crippen LogP contribution < -0.4 is 10.1 Å². The highest BCUT2D eigenvalue weighted by Crippen LogP contribution is 2.32. The van der Waals surface area contributed by atoms with Crippen LogP contribution in [-0.4, -0.2) is 53.9 Å². The molecule has 1 aliphatic heterocycles. The molecule has 1 atom stereocenters. The standard InChI is InChI=1S/C15H21Br2N3O3/c1-15(2,3)23-14(21)20-5-4-19-10(8-20)9-22-13-11(16)6-18-7-12(13)17/h6-7,10,19H,4-5,8-9H2,1-3H3. The quantitative estimate of drug-likeness (QED) is 0.765. The molecule has 0 bridgehead atoms. The van der Waals surface area contributed by atoms with E-state index in [1.807, 2.05) is 20.8 Å². The highest BCUT2D eigenvalue weighted by atomic mass is 79.9. The molecule has 1 N–H and O–H groups in total. The Labute approximate surface area is 153 Å². The number of rotatable bonds is 3. The number of hydrogen-bond donors (Lipinski definition) is 1. The van der Waals surface area contributed by atoms with E-state index in [9.17, 15) is 4.79 Å². The third-order valence-electron chi connectivity index (χ3n) is 3.15. The average molecular weight is 451 g/mol. The second kappa shape index (κ2) is 7.81. The maximum atomic E-state index is 12.2. The lowest BCUT2D eigenvalue weighted by Gasteiger charge is -2.34. The van der Waals surface area contributed by atoms with Gasteiger partial charge in [-0.3, -0.25) is 4.98 Å². The summed E-state index contributed by atoms with van der Waals surface area (Å²) in [7, 11) is 0. The molecule has 1 saturated heterocycles. The molecule has 1 aliphatic rings. The summed E-state index contributed by atoms with van der Waals surface area (Å²) in [5.41, 5.74) is -0.485. The molecule has 0 saturated carbocycles. The fourth-order valence-corrected chi connectivity index (χ4v) is 3.31. The normalized spacial score (nSPS) is 18.7. The van der Waals surface area contributed by atoms with Gasteiger partial charge in [0.2, 0.25) is 0 Å². The lowest BCUT2D eigenvalue weighted by Crippen LogP contribution is -2.55. The van der Waals surface area contributed by atoms with Crippen LogP contribution in [0, 0.1) is 0 Å². The van der Waals surface area contributed by atoms with Crippen LogP contribution in [-0.2, 0) is 4.74 Å². The zero-order valence-corrected chi connectivity index (χ0v) is 16.6. The van der Waals surface area contributed by atoms with Crippen molar-refractivity contribution < 1.29 is 14.3 Å². The van der Waals surface area contributed by atoms with E-state index >= 15 is 0 Å². The zero-order chi connectivity index (χ0) is 17.0. The molecular formula is C15H21Br2N3O3. The fourth-order valence-electron chi connectivity index (χ4n) is 2.15. The van der Waals surface area contributed by atoms with Gasteiger partial charge in [-0.05, 0) is 52.6 Å². The third-order valence-corrected chi connectivity index (χ3v) is 4.28. The van der Waals surface area contributed by atoms with Crippen molar-refractivity contribution in [1.82, 2.24) is 15.2 Å². The number of piperazine rings is 1. The molecule has 8 heteroatoms. The number of halogens is 2. The number of pyridine rings is 1. The van der Waals surface area contributed by atoms with Crippen LogP contribution in [0.2, 0.25) is 0 Å². The highest BCUT2D eigenvalue weighted by molar-refractivity contribution is 9.11. The van der Waals surface area contributed by atoms with Crippen LogP contribution in [0.15, 0.2) is 21.3 Å². The van der Waals surface area contributed by atoms with Crippen LogP contribution in [0.1, 0.15) is 20.8 Å². The first-order valence-corrected chi connectivity index (χ1v) is 8.98. The number of amides is 1. The number of hydrogen-bond acceptors (Lipinski definition) is 5. The van der Waals surface area contributed by atoms with Gasteiger partial charge in [-0.25, -0.2) is 4.79 Å². The molecule has 2 rings (SSSR count). The molecule has 1 unspecified atom stereocenters. The maximum absolute atomic E-state index is 12.2. The molecule has 1 fully saturated rings. The number of carbonyl (C=O) groups excluding carboxylic acids is 1. The summed E-state index contributed by atoms with van der Waals surface area (Å²) in [5, 5.41) is 3.36. The summed E-state index contributed by atoms with van der Waals surface area (Å²) in [6, 6.07) is 0.0447. The topological polar surface area (TPSA) is 63.7 Å². The van der Waals surface area contributed by atoms with Crippen LogP contribution in [0.3, 0.4) is 0 Å². The Balaban J connectivity index is 1.90. The van der Waals surface area contributed by atoms with Gasteiger partial charge in [0.1, 0.15) is 12.2 Å². The van der Waals surface area contributed by atoms with E-state index in [0.717, 1.165) is 8.95 Å². The monoisotopic (exact) mass is 449 g/mol. The minimum absolute atomic E-state index is 0.0447. The van der Waals surface area contributed by atoms with Crippen molar-refractivity contribution in [2.75, 3.05) is 26.2 Å². The summed E-state index contributed by atoms with van der Waals surface area (Å²) >= 11 is 6.84. The van der Waals surface area contributed by atoms with E-state index in [1.54, 1.807) is 17.3 Å². The number of nitrogens with zero attached hydrogens (tertiary/aromatic N) is 2. The lowest BCUT2D eigenvalue weighted by molar-refractivity contribution is 0.0178. The first-order valence-electron chi connectivity index (χ1n) is 7.39. The van der Waals surface area contributed by atoms with E-state index in [-0.39, 0.29) is 12.1 Å². The Morgan fingerprint density at radius 3 is 2.65 bits per heavy atom. The minimum Gasteiger partial charge on any atom is -0.489 e. The summed E-state index contributed by atoms with van der Waals surface area (Å²) in [5.74, 6) is 0.705. The Morgan fingerprint density at radius 1 is 1.39 bits per heavy atom. The number of aromatic nitrogens is 1. The van der Waals surface area contributed by atoms with Crippen LogP contribution in [0.25, 0.3) is 0 Å². The van der Waals surface area contributed by atoms with E-state index < -0.39 is 5.60 Å². The van der Waals surface area contributed by atoms with Gasteiger partial charge in [0.05, 0.1) is 15.0 Å². The van der Waals surface area contributed by atoms with Crippen molar-refractivity contribution in [3.05, 3.63) is 21.3 Å². The molecule has 0 spiro atoms. The molecule has 0 aliphatic carbocycles. The SMILES string of the molecule is CC(C)(C)OC(=O)N1CCNC(COc2c(Br)cncc2Br)C1. The Hall–Kier alpha value is -0.860. The van der Waals surface area contributed by atoms with Gasteiger partial charge in [0, 0.05) is 32.0 Å². The predicted octanol–water partition coefficient (Wildman–Crippen LogP) is 3.19. The van der Waals surface area contributed by atoms with Gasteiger partial charge in [0.25, 0.3) is 0 Å². The summed E-state index contributed by atoms with van der Waals surface area (Å²) < 4.78 is 12.9. The Morgan fingerprint density at radius 2 is 2.04 bits per heavy atom. The molecule has 1 aromatic heterocycles. The number of ether oxygens (including phenoxy) is 2. The predicted molar refractivity (Wildman–Crippen MR) is 94.7 cm³/mol. The molecule has 1 aromatic rings. The zero-order valence-electron chi connectivity index (χ0n) is 13.4. The van der Waals surface area contributed by atoms with Crippen LogP contribution in [0.5, 0.6) is 5.75 Å². The summed E-state index contributed by atoms with van der Waals surface area (Å²) in [6.07, 6.45) is 3.08. The Kier molecular flexibility index (Phi) is 6.27. The smallest absolute Gasteiger partial charge is 0.410 e. The van der Waals surface area contributed by atoms with Gasteiger partial charge in [-0.2, -0.15) is 0 Å². The third kappa shape index (κ3) is 5.61. The molecule has 0 aromatic carbocycles. The molecule has 0 radical (unpaired) electrons. The average Bonchev–Trinajstić information content (AvgIpc) is 2.45. The van der Waals surface area contributed by atoms with Crippen molar-refractivity contribution in [2.24, 2.45) is 0 Å². The molecule has 1 amide bonds. The lowest BCUT2D eigenvalue weighted by atomic mass is 10.2. The van der Waals surface area contributed by atoms with Gasteiger partial charge in [0.15, 0.2) is 5.75 Å². The van der Waals surface area contributed by atoms with Crippen molar-refractivity contribution in [3.63, 3.8) is 0 Å². The second-order valence-electron chi connectivity index (χ2n) is 6.32. The summed E-state index contributed by atoms with van der Waals surface area (Å²) in [6.45, 7) is 7.94. The molecule has 2 heterocycles. The van der Waals surface area contributed by atoms with Gasteiger partial charge >= 0.3 is 6.09 Å². The van der Waals surface area contributed by atoms with E-state index in [2.05, 4.69) is 42.2 Å². The van der Waals surface area contributed by atoms with Gasteiger partial charge in [-0.1, -0.05) is 0 Å². The Bertz CT molecular complexity index is 543.